The summed E-state index contributed by atoms with van der Waals surface area (Å²) in [4.78, 5) is 13.6. The van der Waals surface area contributed by atoms with E-state index in [0.29, 0.717) is 4.47 Å². The lowest BCUT2D eigenvalue weighted by molar-refractivity contribution is 0.102. The molecule has 0 aliphatic carbocycles. The van der Waals surface area contributed by atoms with Crippen LogP contribution in [0, 0.1) is 11.6 Å². The first-order valence-electron chi connectivity index (χ1n) is 7.65. The van der Waals surface area contributed by atoms with Gasteiger partial charge in [-0.2, -0.15) is 0 Å². The van der Waals surface area contributed by atoms with Gasteiger partial charge in [0.25, 0.3) is 5.91 Å². The van der Waals surface area contributed by atoms with Gasteiger partial charge in [-0.3, -0.25) is 4.79 Å². The molecule has 0 spiro atoms. The zero-order valence-corrected chi connectivity index (χ0v) is 17.5. The molecule has 0 atom stereocenters. The van der Waals surface area contributed by atoms with Crippen molar-refractivity contribution in [2.45, 2.75) is 4.90 Å². The molecule has 146 valence electrons. The molecular formula is C17H18BrF2N3O3S. The quantitative estimate of drug-likeness (QED) is 0.741. The highest BCUT2D eigenvalue weighted by atomic mass is 79.9. The number of hydrogen-bond donors (Lipinski definition) is 1. The molecule has 0 fully saturated rings. The Hall–Kier alpha value is -2.04. The molecule has 6 nitrogen and oxygen atoms in total. The monoisotopic (exact) mass is 461 g/mol. The first-order valence-corrected chi connectivity index (χ1v) is 9.88. The van der Waals surface area contributed by atoms with Crippen molar-refractivity contribution in [2.24, 2.45) is 0 Å². The van der Waals surface area contributed by atoms with E-state index < -0.39 is 27.6 Å². The summed E-state index contributed by atoms with van der Waals surface area (Å²) in [6.45, 7) is 0. The van der Waals surface area contributed by atoms with E-state index in [1.807, 2.05) is 0 Å². The first kappa shape index (κ1) is 21.3. The van der Waals surface area contributed by atoms with Crippen molar-refractivity contribution >= 4 is 43.2 Å². The van der Waals surface area contributed by atoms with Crippen LogP contribution in [0.5, 0.6) is 0 Å². The van der Waals surface area contributed by atoms with Crippen LogP contribution in [-0.2, 0) is 10.0 Å². The van der Waals surface area contributed by atoms with E-state index >= 15 is 0 Å². The molecular weight excluding hydrogens is 444 g/mol. The summed E-state index contributed by atoms with van der Waals surface area (Å²) in [7, 11) is 1.94. The Morgan fingerprint density at radius 2 is 1.59 bits per heavy atom. The van der Waals surface area contributed by atoms with Crippen LogP contribution in [-0.4, -0.2) is 46.8 Å². The Labute approximate surface area is 165 Å². The maximum atomic E-state index is 14.1. The molecule has 0 unspecified atom stereocenters. The molecule has 27 heavy (non-hydrogen) atoms. The minimum Gasteiger partial charge on any atom is -0.373 e. The number of amides is 1. The molecule has 0 radical (unpaired) electrons. The summed E-state index contributed by atoms with van der Waals surface area (Å²) in [6, 6.07) is 5.99. The molecule has 0 aliphatic heterocycles. The third kappa shape index (κ3) is 4.45. The predicted octanol–water partition coefficient (Wildman–Crippen LogP) is 3.30. The van der Waals surface area contributed by atoms with Crippen molar-refractivity contribution < 1.29 is 22.0 Å². The molecule has 1 N–H and O–H groups in total. The lowest BCUT2D eigenvalue weighted by Crippen LogP contribution is -2.23. The molecule has 2 aromatic carbocycles. The number of halogens is 3. The van der Waals surface area contributed by atoms with E-state index in [1.165, 1.54) is 51.3 Å². The van der Waals surface area contributed by atoms with E-state index in [-0.39, 0.29) is 21.8 Å². The van der Waals surface area contributed by atoms with E-state index in [4.69, 9.17) is 0 Å². The van der Waals surface area contributed by atoms with Crippen LogP contribution in [0.25, 0.3) is 0 Å². The van der Waals surface area contributed by atoms with Gasteiger partial charge in [0.2, 0.25) is 10.0 Å². The molecule has 0 saturated carbocycles. The molecule has 2 aromatic rings. The van der Waals surface area contributed by atoms with E-state index in [0.717, 1.165) is 16.4 Å². The van der Waals surface area contributed by atoms with Crippen LogP contribution in [0.2, 0.25) is 0 Å². The third-order valence-electron chi connectivity index (χ3n) is 3.67. The topological polar surface area (TPSA) is 69.7 Å². The van der Waals surface area contributed by atoms with Crippen LogP contribution in [0.15, 0.2) is 39.7 Å². The number of carbonyl (C=O) groups excluding carboxylic acids is 1. The Morgan fingerprint density at radius 3 is 2.07 bits per heavy atom. The highest BCUT2D eigenvalue weighted by Gasteiger charge is 2.22. The maximum Gasteiger partial charge on any atom is 0.255 e. The minimum atomic E-state index is -3.78. The summed E-state index contributed by atoms with van der Waals surface area (Å²) in [5, 5.41) is 2.37. The molecule has 0 aromatic heterocycles. The normalized spacial score (nSPS) is 11.6. The zero-order valence-electron chi connectivity index (χ0n) is 15.0. The second-order valence-corrected chi connectivity index (χ2v) is 9.04. The molecule has 0 heterocycles. The van der Waals surface area contributed by atoms with Crippen LogP contribution in [0.4, 0.5) is 20.2 Å². The van der Waals surface area contributed by atoms with Gasteiger partial charge >= 0.3 is 0 Å². The van der Waals surface area contributed by atoms with Gasteiger partial charge in [-0.15, -0.1) is 0 Å². The summed E-state index contributed by atoms with van der Waals surface area (Å²) in [5.74, 6) is -2.36. The van der Waals surface area contributed by atoms with E-state index in [9.17, 15) is 22.0 Å². The number of benzene rings is 2. The van der Waals surface area contributed by atoms with Gasteiger partial charge in [0.1, 0.15) is 5.69 Å². The number of carbonyl (C=O) groups is 1. The molecule has 1 amide bonds. The highest BCUT2D eigenvalue weighted by molar-refractivity contribution is 9.10. The summed E-state index contributed by atoms with van der Waals surface area (Å²) >= 11 is 3.15. The number of nitrogens with one attached hydrogen (secondary N) is 1. The van der Waals surface area contributed by atoms with Gasteiger partial charge in [0, 0.05) is 43.9 Å². The van der Waals surface area contributed by atoms with Crippen molar-refractivity contribution in [2.75, 3.05) is 38.4 Å². The first-order chi connectivity index (χ1) is 12.4. The average molecular weight is 462 g/mol. The second kappa shape index (κ2) is 7.91. The van der Waals surface area contributed by atoms with Crippen molar-refractivity contribution in [1.82, 2.24) is 4.31 Å². The summed E-state index contributed by atoms with van der Waals surface area (Å²) in [6.07, 6.45) is 0. The predicted molar refractivity (Wildman–Crippen MR) is 104 cm³/mol. The Bertz CT molecular complexity index is 972. The van der Waals surface area contributed by atoms with Gasteiger partial charge in [0.05, 0.1) is 4.90 Å². The van der Waals surface area contributed by atoms with Crippen molar-refractivity contribution in [3.05, 3.63) is 52.0 Å². The molecule has 2 rings (SSSR count). The Morgan fingerprint density at radius 1 is 1.04 bits per heavy atom. The van der Waals surface area contributed by atoms with E-state index in [1.54, 1.807) is 0 Å². The number of sulfonamides is 1. The van der Waals surface area contributed by atoms with Crippen LogP contribution < -0.4 is 10.2 Å². The smallest absolute Gasteiger partial charge is 0.255 e. The van der Waals surface area contributed by atoms with Gasteiger partial charge in [-0.05, 0) is 46.3 Å². The second-order valence-electron chi connectivity index (χ2n) is 6.07. The fourth-order valence-corrected chi connectivity index (χ4v) is 4.15. The lowest BCUT2D eigenvalue weighted by atomic mass is 10.2. The number of anilines is 2. The van der Waals surface area contributed by atoms with Crippen LogP contribution in [0.1, 0.15) is 10.4 Å². The summed E-state index contributed by atoms with van der Waals surface area (Å²) < 4.78 is 54.1. The number of nitrogens with zero attached hydrogens (tertiary/aromatic N) is 2. The van der Waals surface area contributed by atoms with Gasteiger partial charge in [-0.25, -0.2) is 21.5 Å². The Kier molecular flexibility index (Phi) is 6.23. The van der Waals surface area contributed by atoms with Crippen molar-refractivity contribution in [1.29, 1.82) is 0 Å². The fraction of sp³-hybridized carbons (Fsp3) is 0.235. The standard InChI is InChI=1S/C17H18BrF2N3O3S/c1-22(2)16-13(19)8-11(9-14(16)20)21-17(24)10-5-6-12(18)15(7-10)27(25,26)23(3)4/h5-9H,1-4H3,(H,21,24). The highest BCUT2D eigenvalue weighted by Crippen LogP contribution is 2.28. The zero-order chi connectivity index (χ0) is 20.5. The molecule has 10 heteroatoms. The average Bonchev–Trinajstić information content (AvgIpc) is 2.53. The minimum absolute atomic E-state index is 0.0242. The largest absolute Gasteiger partial charge is 0.373 e. The number of rotatable bonds is 5. The SMILES string of the molecule is CN(C)c1c(F)cc(NC(=O)c2ccc(Br)c(S(=O)(=O)N(C)C)c2)cc1F. The Balaban J connectivity index is 2.38. The maximum absolute atomic E-state index is 14.1. The number of hydrogen-bond acceptors (Lipinski definition) is 4. The van der Waals surface area contributed by atoms with Crippen molar-refractivity contribution in [3.8, 4) is 0 Å². The fourth-order valence-electron chi connectivity index (χ4n) is 2.31. The van der Waals surface area contributed by atoms with Crippen molar-refractivity contribution in [3.63, 3.8) is 0 Å². The molecule has 0 saturated heterocycles. The lowest BCUT2D eigenvalue weighted by Gasteiger charge is -2.16. The third-order valence-corrected chi connectivity index (χ3v) is 6.48. The van der Waals surface area contributed by atoms with E-state index in [2.05, 4.69) is 21.2 Å². The van der Waals surface area contributed by atoms with Crippen LogP contribution in [0.3, 0.4) is 0 Å². The molecule has 0 bridgehead atoms. The van der Waals surface area contributed by atoms with Gasteiger partial charge in [0.15, 0.2) is 11.6 Å². The van der Waals surface area contributed by atoms with Gasteiger partial charge in [-0.1, -0.05) is 0 Å². The van der Waals surface area contributed by atoms with Crippen LogP contribution >= 0.6 is 15.9 Å². The van der Waals surface area contributed by atoms with Gasteiger partial charge < -0.3 is 10.2 Å². The molecule has 0 aliphatic rings. The summed E-state index contributed by atoms with van der Waals surface area (Å²) in [5.41, 5.74) is -0.285.